The van der Waals surface area contributed by atoms with Gasteiger partial charge in [-0.25, -0.2) is 0 Å². The fraction of sp³-hybridized carbons (Fsp3) is 0.176. The summed E-state index contributed by atoms with van der Waals surface area (Å²) in [7, 11) is 8.06. The zero-order valence-corrected chi connectivity index (χ0v) is 44.1. The highest BCUT2D eigenvalue weighted by Crippen LogP contribution is 2.36. The molecular weight excluding hydrogens is 953 g/mol. The van der Waals surface area contributed by atoms with Crippen LogP contribution in [0, 0.1) is 0 Å². The second-order valence-corrected chi connectivity index (χ2v) is 19.5. The van der Waals surface area contributed by atoms with Crippen LogP contribution in [0.4, 0.5) is 22.7 Å². The molecule has 4 aliphatic carbocycles. The number of anilines is 4. The average Bonchev–Trinajstić information content (AvgIpc) is 3.49. The number of hydrogen-bond acceptors (Lipinski definition) is 8. The minimum absolute atomic E-state index is 0. The lowest BCUT2D eigenvalue weighted by atomic mass is 9.90. The van der Waals surface area contributed by atoms with Crippen LogP contribution in [0.2, 0.25) is 0 Å². The smallest absolute Gasteiger partial charge is 0.103 e. The van der Waals surface area contributed by atoms with Gasteiger partial charge in [0.2, 0.25) is 0 Å². The molecule has 392 valence electrons. The number of nitrogens with zero attached hydrogens (tertiary/aromatic N) is 4. The molecule has 0 amide bonds. The number of rotatable bonds is 8. The van der Waals surface area contributed by atoms with Crippen LogP contribution in [0.5, 0.6) is 0 Å². The summed E-state index contributed by atoms with van der Waals surface area (Å²) < 4.78 is 0. The van der Waals surface area contributed by atoms with E-state index in [0.717, 1.165) is 67.3 Å². The quantitative estimate of drug-likeness (QED) is 0.119. The third kappa shape index (κ3) is 12.7. The van der Waals surface area contributed by atoms with Crippen molar-refractivity contribution in [2.45, 2.75) is 48.6 Å². The molecule has 4 aliphatic rings. The molecule has 0 spiro atoms. The zero-order chi connectivity index (χ0) is 53.0. The van der Waals surface area contributed by atoms with Gasteiger partial charge in [-0.05, 0) is 93.0 Å². The number of benzene rings is 8. The molecule has 12 rings (SSSR count). The third-order valence-corrected chi connectivity index (χ3v) is 14.9. The lowest BCUT2D eigenvalue weighted by Crippen LogP contribution is -2.36. The summed E-state index contributed by atoms with van der Waals surface area (Å²) in [6, 6.07) is 72.4. The van der Waals surface area contributed by atoms with Crippen molar-refractivity contribution in [3.05, 3.63) is 287 Å². The van der Waals surface area contributed by atoms with Crippen molar-refractivity contribution < 1.29 is 25.9 Å². The Balaban J connectivity index is 0.000000135. The van der Waals surface area contributed by atoms with E-state index in [2.05, 4.69) is 117 Å². The van der Waals surface area contributed by atoms with E-state index < -0.39 is 24.4 Å². The minimum Gasteiger partial charge on any atom is -0.412 e. The molecule has 6 N–H and O–H groups in total. The molecule has 8 aromatic carbocycles. The van der Waals surface area contributed by atoms with Crippen LogP contribution < -0.4 is 19.6 Å². The van der Waals surface area contributed by atoms with E-state index in [9.17, 15) is 20.4 Å². The van der Waals surface area contributed by atoms with Crippen LogP contribution in [-0.2, 0) is 0 Å². The molecule has 8 atom stereocenters. The Bertz CT molecular complexity index is 2800. The molecule has 0 unspecified atom stereocenters. The summed E-state index contributed by atoms with van der Waals surface area (Å²) in [6.07, 6.45) is 14.7. The number of para-hydroxylation sites is 4. The molecule has 0 saturated heterocycles. The monoisotopic (exact) mass is 1020 g/mol. The highest BCUT2D eigenvalue weighted by molar-refractivity contribution is 5.65. The van der Waals surface area contributed by atoms with Gasteiger partial charge in [0, 0.05) is 50.9 Å². The maximum absolute atomic E-state index is 10.6. The third-order valence-electron chi connectivity index (χ3n) is 14.9. The van der Waals surface area contributed by atoms with E-state index in [1.807, 2.05) is 198 Å². The van der Waals surface area contributed by atoms with Gasteiger partial charge in [0.05, 0.1) is 24.2 Å². The van der Waals surface area contributed by atoms with Crippen molar-refractivity contribution in [1.29, 1.82) is 0 Å². The van der Waals surface area contributed by atoms with Crippen molar-refractivity contribution in [2.24, 2.45) is 0 Å². The fourth-order valence-electron chi connectivity index (χ4n) is 10.4. The molecule has 0 aromatic heterocycles. The Labute approximate surface area is 454 Å². The Morgan fingerprint density at radius 1 is 0.247 bits per heavy atom. The maximum atomic E-state index is 10.6. The number of hydrogen-bond donors (Lipinski definition) is 4. The van der Waals surface area contributed by atoms with Gasteiger partial charge in [-0.1, -0.05) is 218 Å². The van der Waals surface area contributed by atoms with Gasteiger partial charge < -0.3 is 45.5 Å². The fourth-order valence-corrected chi connectivity index (χ4v) is 10.4. The standard InChI is InChI=1S/4C17H17NO.H2O/c4*1-18(14-8-3-2-4-9-14)16-12-11-13-7-5-6-10-15(13)17(16)19;/h4*2-12,16-17,19H,1H3;1H2/t4*16-,17-;/m1111./s1. The predicted octanol–water partition coefficient (Wildman–Crippen LogP) is 12.2. The number of aliphatic hydroxyl groups is 4. The molecule has 0 saturated carbocycles. The van der Waals surface area contributed by atoms with Crippen molar-refractivity contribution >= 4 is 47.1 Å². The van der Waals surface area contributed by atoms with E-state index in [1.54, 1.807) is 0 Å². The minimum atomic E-state index is -0.494. The largest absolute Gasteiger partial charge is 0.412 e. The van der Waals surface area contributed by atoms with Crippen LogP contribution in [0.3, 0.4) is 0 Å². The second-order valence-electron chi connectivity index (χ2n) is 19.5. The maximum Gasteiger partial charge on any atom is 0.103 e. The number of aliphatic hydroxyl groups excluding tert-OH is 4. The Morgan fingerprint density at radius 3 is 0.610 bits per heavy atom. The molecule has 77 heavy (non-hydrogen) atoms. The lowest BCUT2D eigenvalue weighted by Gasteiger charge is -2.34. The summed E-state index contributed by atoms with van der Waals surface area (Å²) in [5, 5.41) is 42.2. The van der Waals surface area contributed by atoms with Gasteiger partial charge in [-0.2, -0.15) is 0 Å². The molecule has 0 aliphatic heterocycles. The Morgan fingerprint density at radius 2 is 0.416 bits per heavy atom. The van der Waals surface area contributed by atoms with E-state index in [1.165, 1.54) is 0 Å². The van der Waals surface area contributed by atoms with Crippen LogP contribution in [0.25, 0.3) is 24.3 Å². The van der Waals surface area contributed by atoms with E-state index in [0.29, 0.717) is 0 Å². The predicted molar refractivity (Wildman–Crippen MR) is 320 cm³/mol. The first-order valence-electron chi connectivity index (χ1n) is 26.0. The van der Waals surface area contributed by atoms with Gasteiger partial charge in [0.25, 0.3) is 0 Å². The summed E-state index contributed by atoms with van der Waals surface area (Å²) in [5.41, 5.74) is 12.8. The first kappa shape index (κ1) is 55.0. The zero-order valence-electron chi connectivity index (χ0n) is 44.1. The summed E-state index contributed by atoms with van der Waals surface area (Å²) >= 11 is 0. The molecule has 9 heteroatoms. The molecule has 0 radical (unpaired) electrons. The van der Waals surface area contributed by atoms with E-state index >= 15 is 0 Å². The Hall–Kier alpha value is -8.28. The van der Waals surface area contributed by atoms with Crippen LogP contribution in [-0.4, -0.2) is 78.3 Å². The Kier molecular flexibility index (Phi) is 18.5. The summed E-state index contributed by atoms with van der Waals surface area (Å²) in [5.74, 6) is 0. The van der Waals surface area contributed by atoms with Crippen LogP contribution in [0.15, 0.2) is 243 Å². The SMILES string of the molecule is CN(c1ccccc1)[C@@H]1C=Cc2ccccc2[C@H]1O.CN(c1ccccc1)[C@@H]1C=Cc2ccccc2[C@H]1O.CN(c1ccccc1)[C@@H]1C=Cc2ccccc2[C@H]1O.CN(c1ccccc1)[C@@H]1C=Cc2ccccc2[C@H]1O.O. The molecule has 0 fully saturated rings. The van der Waals surface area contributed by atoms with Crippen molar-refractivity contribution in [1.82, 2.24) is 0 Å². The van der Waals surface area contributed by atoms with Crippen molar-refractivity contribution in [2.75, 3.05) is 47.8 Å². The molecule has 8 aromatic rings. The number of fused-ring (bicyclic) bond motifs is 4. The first-order chi connectivity index (χ1) is 37.1. The highest BCUT2D eigenvalue weighted by Gasteiger charge is 2.31. The molecule has 9 nitrogen and oxygen atoms in total. The van der Waals surface area contributed by atoms with Crippen molar-refractivity contribution in [3.63, 3.8) is 0 Å². The topological polar surface area (TPSA) is 125 Å². The normalized spacial score (nSPS) is 20.7. The van der Waals surface area contributed by atoms with Crippen molar-refractivity contribution in [3.8, 4) is 0 Å². The molecule has 0 heterocycles. The van der Waals surface area contributed by atoms with E-state index in [-0.39, 0.29) is 29.6 Å². The van der Waals surface area contributed by atoms with Crippen LogP contribution in [0.1, 0.15) is 68.9 Å². The number of likely N-dealkylation sites (N-methyl/N-ethyl adjacent to an activating group) is 4. The van der Waals surface area contributed by atoms with E-state index in [4.69, 9.17) is 0 Å². The summed E-state index contributed by atoms with van der Waals surface area (Å²) in [6.45, 7) is 0. The van der Waals surface area contributed by atoms with Crippen LogP contribution >= 0.6 is 0 Å². The summed E-state index contributed by atoms with van der Waals surface area (Å²) in [4.78, 5) is 8.43. The highest BCUT2D eigenvalue weighted by atomic mass is 16.3. The van der Waals surface area contributed by atoms with Gasteiger partial charge in [-0.3, -0.25) is 0 Å². The van der Waals surface area contributed by atoms with Gasteiger partial charge >= 0.3 is 0 Å². The first-order valence-corrected chi connectivity index (χ1v) is 26.0. The van der Waals surface area contributed by atoms with Gasteiger partial charge in [0.1, 0.15) is 24.4 Å². The second kappa shape index (κ2) is 26.0. The molecule has 0 bridgehead atoms. The van der Waals surface area contributed by atoms with Gasteiger partial charge in [-0.15, -0.1) is 0 Å². The molecular formula is C68H70N4O5. The average molecular weight is 1020 g/mol. The van der Waals surface area contributed by atoms with Gasteiger partial charge in [0.15, 0.2) is 0 Å². The lowest BCUT2D eigenvalue weighted by molar-refractivity contribution is 0.159.